The maximum absolute atomic E-state index is 12.3. The molecular weight excluding hydrogens is 236 g/mol. The highest BCUT2D eigenvalue weighted by Gasteiger charge is 2.23. The second kappa shape index (κ2) is 6.09. The minimum Gasteiger partial charge on any atom is -0.378 e. The molecule has 1 aromatic rings. The molecule has 0 saturated heterocycles. The van der Waals surface area contributed by atoms with Gasteiger partial charge in [0.2, 0.25) is 0 Å². The zero-order chi connectivity index (χ0) is 13.8. The topological polar surface area (TPSA) is 32.3 Å². The lowest BCUT2D eigenvalue weighted by Gasteiger charge is -2.29. The monoisotopic (exact) mass is 260 g/mol. The van der Waals surface area contributed by atoms with Crippen molar-refractivity contribution in [1.29, 1.82) is 0 Å². The molecule has 1 saturated carbocycles. The highest BCUT2D eigenvalue weighted by molar-refractivity contribution is 5.95. The van der Waals surface area contributed by atoms with Gasteiger partial charge in [-0.15, -0.1) is 0 Å². The molecule has 0 spiro atoms. The lowest BCUT2D eigenvalue weighted by atomic mass is 9.86. The van der Waals surface area contributed by atoms with Crippen molar-refractivity contribution in [2.75, 3.05) is 19.0 Å². The van der Waals surface area contributed by atoms with E-state index in [1.165, 1.54) is 19.3 Å². The van der Waals surface area contributed by atoms with Crippen molar-refractivity contribution >= 4 is 11.6 Å². The highest BCUT2D eigenvalue weighted by Crippen LogP contribution is 2.24. The Hall–Kier alpha value is -1.51. The van der Waals surface area contributed by atoms with Crippen molar-refractivity contribution in [3.8, 4) is 0 Å². The third kappa shape index (κ3) is 3.49. The van der Waals surface area contributed by atoms with Gasteiger partial charge in [-0.1, -0.05) is 25.8 Å². The van der Waals surface area contributed by atoms with Gasteiger partial charge in [0.25, 0.3) is 5.91 Å². The molecule has 104 valence electrons. The van der Waals surface area contributed by atoms with E-state index in [2.05, 4.69) is 12.2 Å². The quantitative estimate of drug-likeness (QED) is 0.906. The summed E-state index contributed by atoms with van der Waals surface area (Å²) in [5.41, 5.74) is 1.81. The van der Waals surface area contributed by atoms with Crippen LogP contribution in [-0.4, -0.2) is 26.0 Å². The van der Waals surface area contributed by atoms with E-state index in [4.69, 9.17) is 0 Å². The number of benzene rings is 1. The van der Waals surface area contributed by atoms with E-state index >= 15 is 0 Å². The van der Waals surface area contributed by atoms with Gasteiger partial charge in [0.1, 0.15) is 0 Å². The van der Waals surface area contributed by atoms with Crippen LogP contribution in [-0.2, 0) is 0 Å². The number of carbonyl (C=O) groups is 1. The summed E-state index contributed by atoms with van der Waals surface area (Å²) in [6.07, 6.45) is 4.86. The number of hydrogen-bond donors (Lipinski definition) is 1. The molecule has 0 bridgehead atoms. The van der Waals surface area contributed by atoms with E-state index in [9.17, 15) is 4.79 Å². The van der Waals surface area contributed by atoms with E-state index in [0.717, 1.165) is 17.7 Å². The predicted molar refractivity (Wildman–Crippen MR) is 79.7 cm³/mol. The van der Waals surface area contributed by atoms with Crippen LogP contribution in [0.4, 0.5) is 5.69 Å². The average Bonchev–Trinajstić information content (AvgIpc) is 2.41. The van der Waals surface area contributed by atoms with Gasteiger partial charge < -0.3 is 10.2 Å². The number of nitrogens with one attached hydrogen (secondary N) is 1. The molecule has 1 amide bonds. The highest BCUT2D eigenvalue weighted by atomic mass is 16.1. The fourth-order valence-electron chi connectivity index (χ4n) is 2.71. The number of anilines is 1. The van der Waals surface area contributed by atoms with Gasteiger partial charge in [-0.2, -0.15) is 0 Å². The number of hydrogen-bond acceptors (Lipinski definition) is 2. The second-order valence-corrected chi connectivity index (χ2v) is 5.79. The van der Waals surface area contributed by atoms with E-state index in [-0.39, 0.29) is 5.91 Å². The van der Waals surface area contributed by atoms with Crippen molar-refractivity contribution in [2.45, 2.75) is 38.6 Å². The van der Waals surface area contributed by atoms with E-state index < -0.39 is 0 Å². The summed E-state index contributed by atoms with van der Waals surface area (Å²) in [6.45, 7) is 2.24. The molecule has 1 aliphatic rings. The molecule has 3 nitrogen and oxygen atoms in total. The van der Waals surface area contributed by atoms with Crippen molar-refractivity contribution in [2.24, 2.45) is 5.92 Å². The molecule has 0 aromatic heterocycles. The van der Waals surface area contributed by atoms with Crippen LogP contribution in [0.1, 0.15) is 43.0 Å². The molecule has 2 atom stereocenters. The number of amides is 1. The standard InChI is InChI=1S/C16H24N2O/c1-12-7-4-5-10-15(12)17-16(19)13-8-6-9-14(11-13)18(2)3/h6,8-9,11-12,15H,4-5,7,10H2,1-3H3,(H,17,19)/t12-,15+/m0/s1. The number of carbonyl (C=O) groups excluding carboxylic acids is 1. The van der Waals surface area contributed by atoms with Crippen LogP contribution in [0.5, 0.6) is 0 Å². The van der Waals surface area contributed by atoms with Gasteiger partial charge in [0.05, 0.1) is 0 Å². The van der Waals surface area contributed by atoms with Crippen LogP contribution in [0.15, 0.2) is 24.3 Å². The largest absolute Gasteiger partial charge is 0.378 e. The Morgan fingerprint density at radius 1 is 1.26 bits per heavy atom. The lowest BCUT2D eigenvalue weighted by molar-refractivity contribution is 0.0910. The summed E-state index contributed by atoms with van der Waals surface area (Å²) in [5.74, 6) is 0.650. The first kappa shape index (κ1) is 13.9. The van der Waals surface area contributed by atoms with Crippen LogP contribution in [0, 0.1) is 5.92 Å². The van der Waals surface area contributed by atoms with E-state index in [1.54, 1.807) is 0 Å². The van der Waals surface area contributed by atoms with E-state index in [1.807, 2.05) is 43.3 Å². The minimum absolute atomic E-state index is 0.0578. The molecular formula is C16H24N2O. The molecule has 1 aliphatic carbocycles. The second-order valence-electron chi connectivity index (χ2n) is 5.79. The van der Waals surface area contributed by atoms with Gasteiger partial charge in [0, 0.05) is 31.4 Å². The third-order valence-corrected chi connectivity index (χ3v) is 4.05. The Balaban J connectivity index is 2.05. The molecule has 1 aromatic carbocycles. The van der Waals surface area contributed by atoms with Crippen molar-refractivity contribution in [1.82, 2.24) is 5.32 Å². The van der Waals surface area contributed by atoms with Crippen LogP contribution in [0.25, 0.3) is 0 Å². The maximum Gasteiger partial charge on any atom is 0.251 e. The van der Waals surface area contributed by atoms with Crippen molar-refractivity contribution in [3.05, 3.63) is 29.8 Å². The Morgan fingerprint density at radius 3 is 2.68 bits per heavy atom. The lowest BCUT2D eigenvalue weighted by Crippen LogP contribution is -2.41. The fourth-order valence-corrected chi connectivity index (χ4v) is 2.71. The van der Waals surface area contributed by atoms with Crippen LogP contribution in [0.3, 0.4) is 0 Å². The molecule has 0 radical (unpaired) electrons. The average molecular weight is 260 g/mol. The van der Waals surface area contributed by atoms with E-state index in [0.29, 0.717) is 12.0 Å². The molecule has 1 N–H and O–H groups in total. The smallest absolute Gasteiger partial charge is 0.251 e. The zero-order valence-corrected chi connectivity index (χ0v) is 12.1. The Bertz CT molecular complexity index is 442. The summed E-state index contributed by atoms with van der Waals surface area (Å²) in [6, 6.07) is 8.12. The molecule has 1 fully saturated rings. The normalized spacial score (nSPS) is 22.9. The molecule has 0 heterocycles. The summed E-state index contributed by atoms with van der Waals surface area (Å²) in [7, 11) is 3.97. The summed E-state index contributed by atoms with van der Waals surface area (Å²) < 4.78 is 0. The summed E-state index contributed by atoms with van der Waals surface area (Å²) >= 11 is 0. The van der Waals surface area contributed by atoms with Gasteiger partial charge in [-0.3, -0.25) is 4.79 Å². The summed E-state index contributed by atoms with van der Waals surface area (Å²) in [5, 5.41) is 3.19. The molecule has 19 heavy (non-hydrogen) atoms. The van der Waals surface area contributed by atoms with Crippen LogP contribution < -0.4 is 10.2 Å². The van der Waals surface area contributed by atoms with Crippen molar-refractivity contribution in [3.63, 3.8) is 0 Å². The molecule has 0 aliphatic heterocycles. The first-order valence-electron chi connectivity index (χ1n) is 7.16. The maximum atomic E-state index is 12.3. The SMILES string of the molecule is C[C@H]1CCCC[C@H]1NC(=O)c1cccc(N(C)C)c1. The molecule has 0 unspecified atom stereocenters. The van der Waals surface area contributed by atoms with Gasteiger partial charge in [0.15, 0.2) is 0 Å². The Kier molecular flexibility index (Phi) is 4.46. The van der Waals surface area contributed by atoms with Gasteiger partial charge in [-0.25, -0.2) is 0 Å². The fraction of sp³-hybridized carbons (Fsp3) is 0.562. The summed E-state index contributed by atoms with van der Waals surface area (Å²) in [4.78, 5) is 14.3. The first-order valence-corrected chi connectivity index (χ1v) is 7.16. The van der Waals surface area contributed by atoms with Crippen LogP contribution in [0.2, 0.25) is 0 Å². The van der Waals surface area contributed by atoms with Crippen molar-refractivity contribution < 1.29 is 4.79 Å². The van der Waals surface area contributed by atoms with Gasteiger partial charge in [-0.05, 0) is 37.0 Å². The third-order valence-electron chi connectivity index (χ3n) is 4.05. The predicted octanol–water partition coefficient (Wildman–Crippen LogP) is 3.06. The molecule has 3 heteroatoms. The Labute approximate surface area is 116 Å². The van der Waals surface area contributed by atoms with Crippen LogP contribution >= 0.6 is 0 Å². The Morgan fingerprint density at radius 2 is 2.00 bits per heavy atom. The minimum atomic E-state index is 0.0578. The van der Waals surface area contributed by atoms with Gasteiger partial charge >= 0.3 is 0 Å². The zero-order valence-electron chi connectivity index (χ0n) is 12.1. The first-order chi connectivity index (χ1) is 9.08. The number of rotatable bonds is 3. The molecule has 2 rings (SSSR count). The number of nitrogens with zero attached hydrogens (tertiary/aromatic N) is 1.